The van der Waals surface area contributed by atoms with Gasteiger partial charge < -0.3 is 4.57 Å². The van der Waals surface area contributed by atoms with E-state index < -0.39 is 0 Å². The summed E-state index contributed by atoms with van der Waals surface area (Å²) in [5, 5.41) is 12.9. The Balaban J connectivity index is 1.26. The molecule has 0 fully saturated rings. The number of hydrogen-bond donors (Lipinski definition) is 0. The first-order valence-corrected chi connectivity index (χ1v) is 18.9. The van der Waals surface area contributed by atoms with Crippen molar-refractivity contribution in [3.8, 4) is 45.3 Å². The van der Waals surface area contributed by atoms with Crippen LogP contribution < -0.4 is 0 Å². The Morgan fingerprint density at radius 1 is 0.741 bits per heavy atom. The van der Waals surface area contributed by atoms with Crippen molar-refractivity contribution in [2.24, 2.45) is 0 Å². The first-order valence-electron chi connectivity index (χ1n) is 18.9. The summed E-state index contributed by atoms with van der Waals surface area (Å²) in [5.74, 6) is 0. The molecule has 0 saturated carbocycles. The molecule has 3 aliphatic carbocycles. The zero-order chi connectivity index (χ0) is 36.4. The van der Waals surface area contributed by atoms with E-state index in [0.29, 0.717) is 5.56 Å². The van der Waals surface area contributed by atoms with E-state index in [9.17, 15) is 5.26 Å². The molecule has 5 aromatic carbocycles. The van der Waals surface area contributed by atoms with Crippen molar-refractivity contribution in [1.82, 2.24) is 9.55 Å². The maximum Gasteiger partial charge on any atom is 0.0998 e. The Labute approximate surface area is 316 Å². The minimum absolute atomic E-state index is 0.0813. The van der Waals surface area contributed by atoms with Crippen molar-refractivity contribution in [2.75, 3.05) is 0 Å². The van der Waals surface area contributed by atoms with E-state index in [1.165, 1.54) is 44.1 Å². The highest BCUT2D eigenvalue weighted by Crippen LogP contribution is 2.54. The predicted octanol–water partition coefficient (Wildman–Crippen LogP) is 12.8. The van der Waals surface area contributed by atoms with E-state index in [0.717, 1.165) is 70.6 Å². The van der Waals surface area contributed by atoms with Gasteiger partial charge in [-0.15, -0.1) is 0 Å². The Hall–Kier alpha value is -6.68. The molecule has 3 nitrogen and oxygen atoms in total. The first kappa shape index (κ1) is 32.0. The monoisotopic (exact) mass is 691 g/mol. The number of hydrogen-bond acceptors (Lipinski definition) is 2. The Morgan fingerprint density at radius 3 is 2.41 bits per heavy atom. The van der Waals surface area contributed by atoms with Crippen molar-refractivity contribution in [3.63, 3.8) is 0 Å². The molecular formula is C51H37N3. The second kappa shape index (κ2) is 12.5. The molecule has 0 amide bonds. The number of nitriles is 1. The Kier molecular flexibility index (Phi) is 7.40. The van der Waals surface area contributed by atoms with Crippen molar-refractivity contribution in [3.05, 3.63) is 180 Å². The average molecular weight is 692 g/mol. The van der Waals surface area contributed by atoms with Gasteiger partial charge in [-0.2, -0.15) is 5.26 Å². The minimum Gasteiger partial charge on any atom is -0.309 e. The van der Waals surface area contributed by atoms with Gasteiger partial charge in [0.15, 0.2) is 0 Å². The smallest absolute Gasteiger partial charge is 0.0998 e. The van der Waals surface area contributed by atoms with Crippen LogP contribution in [0.3, 0.4) is 0 Å². The summed E-state index contributed by atoms with van der Waals surface area (Å²) in [6.45, 7) is 4.82. The normalized spacial score (nSPS) is 15.5. The van der Waals surface area contributed by atoms with Crippen molar-refractivity contribution >= 4 is 33.0 Å². The second-order valence-corrected chi connectivity index (χ2v) is 15.1. The molecule has 3 aliphatic rings. The summed E-state index contributed by atoms with van der Waals surface area (Å²) in [5.41, 5.74) is 17.9. The van der Waals surface area contributed by atoms with Crippen LogP contribution in [0.4, 0.5) is 0 Å². The van der Waals surface area contributed by atoms with Crippen molar-refractivity contribution < 1.29 is 0 Å². The summed E-state index contributed by atoms with van der Waals surface area (Å²) >= 11 is 0. The molecule has 256 valence electrons. The zero-order valence-electron chi connectivity index (χ0n) is 30.4. The SMILES string of the molecule is CC1(C)C2=C(C=CCC2)c2ccc3c(c21)c1ccccc1n3-c1cc(-c2cc(C3=CC=CCC3)nc(-c3cc#ccc3)c2)cc(-c2ccccc2C#N)c1. The van der Waals surface area contributed by atoms with Gasteiger partial charge in [0.2, 0.25) is 0 Å². The fourth-order valence-corrected chi connectivity index (χ4v) is 9.16. The van der Waals surface area contributed by atoms with Crippen LogP contribution >= 0.6 is 0 Å². The number of pyridine rings is 1. The topological polar surface area (TPSA) is 41.6 Å². The van der Waals surface area contributed by atoms with Gasteiger partial charge in [0, 0.05) is 27.4 Å². The molecule has 0 saturated heterocycles. The molecular weight excluding hydrogens is 655 g/mol. The first-order chi connectivity index (χ1) is 26.5. The zero-order valence-corrected chi connectivity index (χ0v) is 30.4. The fraction of sp³-hybridized carbons (Fsp3) is 0.137. The molecule has 0 bridgehead atoms. The van der Waals surface area contributed by atoms with E-state index in [4.69, 9.17) is 4.98 Å². The van der Waals surface area contributed by atoms with Crippen molar-refractivity contribution in [2.45, 2.75) is 44.9 Å². The van der Waals surface area contributed by atoms with Gasteiger partial charge in [0.25, 0.3) is 0 Å². The van der Waals surface area contributed by atoms with Gasteiger partial charge >= 0.3 is 0 Å². The molecule has 2 aromatic heterocycles. The minimum atomic E-state index is -0.0813. The van der Waals surface area contributed by atoms with Gasteiger partial charge in [-0.25, -0.2) is 4.98 Å². The Morgan fingerprint density at radius 2 is 1.56 bits per heavy atom. The molecule has 0 radical (unpaired) electrons. The highest BCUT2D eigenvalue weighted by atomic mass is 15.0. The lowest BCUT2D eigenvalue weighted by atomic mass is 9.77. The molecule has 0 spiro atoms. The summed E-state index contributed by atoms with van der Waals surface area (Å²) < 4.78 is 2.44. The standard InChI is InChI=1S/C51H37N3/c1-51(2)44-23-13-11-21-41(44)42-25-26-48-49(50(42)51)43-22-12-14-24-47(43)54(48)39-28-36(27-38(29-39)40-20-10-9-19-35(40)32-52)37-30-45(33-15-5-3-6-16-33)53-46(31-37)34-17-7-4-8-18-34/h3,5,7,9-12,14-15,17-22,24-31H,6,13,16,23H2,1-2H3. The lowest BCUT2D eigenvalue weighted by molar-refractivity contribution is 0.612. The molecule has 0 N–H and O–H groups in total. The number of nitrogens with zero attached hydrogens (tertiary/aromatic N) is 3. The number of benzene rings is 4. The van der Waals surface area contributed by atoms with Gasteiger partial charge in [-0.3, -0.25) is 0 Å². The highest BCUT2D eigenvalue weighted by molar-refractivity contribution is 6.14. The largest absolute Gasteiger partial charge is 0.309 e. The van der Waals surface area contributed by atoms with Gasteiger partial charge in [-0.05, 0) is 137 Å². The maximum atomic E-state index is 10.3. The molecule has 2 heterocycles. The molecule has 0 unspecified atom stereocenters. The summed E-state index contributed by atoms with van der Waals surface area (Å²) in [7, 11) is 0. The lowest BCUT2D eigenvalue weighted by Gasteiger charge is -2.26. The van der Waals surface area contributed by atoms with Crippen LogP contribution in [0.15, 0.2) is 145 Å². The highest BCUT2D eigenvalue weighted by Gasteiger charge is 2.39. The van der Waals surface area contributed by atoms with Gasteiger partial charge in [0.05, 0.1) is 34.1 Å². The number of allylic oxidation sites excluding steroid dienone is 8. The van der Waals surface area contributed by atoms with Crippen LogP contribution in [0.5, 0.6) is 0 Å². The molecule has 7 aromatic rings. The second-order valence-electron chi connectivity index (χ2n) is 15.1. The van der Waals surface area contributed by atoms with Crippen LogP contribution in [0, 0.1) is 23.5 Å². The summed E-state index contributed by atoms with van der Waals surface area (Å²) in [4.78, 5) is 5.20. The van der Waals surface area contributed by atoms with Crippen molar-refractivity contribution in [1.29, 1.82) is 5.26 Å². The molecule has 10 rings (SSSR count). The molecule has 54 heavy (non-hydrogen) atoms. The average Bonchev–Trinajstić information content (AvgIpc) is 3.69. The number of para-hydroxylation sites is 1. The summed E-state index contributed by atoms with van der Waals surface area (Å²) in [6.07, 6.45) is 15.3. The van der Waals surface area contributed by atoms with Gasteiger partial charge in [0.1, 0.15) is 0 Å². The van der Waals surface area contributed by atoms with Crippen LogP contribution in [-0.2, 0) is 5.41 Å². The van der Waals surface area contributed by atoms with Crippen LogP contribution in [-0.4, -0.2) is 9.55 Å². The lowest BCUT2D eigenvalue weighted by Crippen LogP contribution is -2.18. The maximum absolute atomic E-state index is 10.3. The molecule has 3 heteroatoms. The Bertz CT molecular complexity index is 2850. The van der Waals surface area contributed by atoms with E-state index >= 15 is 0 Å². The van der Waals surface area contributed by atoms with Crippen LogP contribution in [0.1, 0.15) is 61.9 Å². The van der Waals surface area contributed by atoms with Gasteiger partial charge in [-0.1, -0.05) is 104 Å². The molecule has 0 aliphatic heterocycles. The quantitative estimate of drug-likeness (QED) is 0.180. The third kappa shape index (κ3) is 5.01. The van der Waals surface area contributed by atoms with Crippen LogP contribution in [0.2, 0.25) is 0 Å². The fourth-order valence-electron chi connectivity index (χ4n) is 9.16. The third-order valence-corrected chi connectivity index (χ3v) is 11.7. The van der Waals surface area contributed by atoms with E-state index in [2.05, 4.69) is 140 Å². The van der Waals surface area contributed by atoms with E-state index in [1.54, 1.807) is 5.57 Å². The number of aromatic nitrogens is 2. The number of rotatable bonds is 5. The molecule has 0 atom stereocenters. The number of fused-ring (bicyclic) bond motifs is 6. The van der Waals surface area contributed by atoms with E-state index in [1.807, 2.05) is 36.4 Å². The predicted molar refractivity (Wildman–Crippen MR) is 222 cm³/mol. The van der Waals surface area contributed by atoms with E-state index in [-0.39, 0.29) is 5.41 Å². The summed E-state index contributed by atoms with van der Waals surface area (Å²) in [6, 6.07) is 47.2. The van der Waals surface area contributed by atoms with Crippen LogP contribution in [0.25, 0.3) is 72.2 Å². The third-order valence-electron chi connectivity index (χ3n) is 11.7.